The highest BCUT2D eigenvalue weighted by Crippen LogP contribution is 1.86. The Bertz CT molecular complexity index is 314. The van der Waals surface area contributed by atoms with Gasteiger partial charge in [-0.15, -0.1) is 11.5 Å². The highest BCUT2D eigenvalue weighted by molar-refractivity contribution is 5.65. The van der Waals surface area contributed by atoms with Crippen molar-refractivity contribution in [2.24, 2.45) is 0 Å². The van der Waals surface area contributed by atoms with Crippen molar-refractivity contribution in [1.82, 2.24) is 25.5 Å². The Morgan fingerprint density at radius 2 is 2.62 bits per heavy atom. The van der Waals surface area contributed by atoms with E-state index in [-0.39, 0.29) is 6.54 Å². The predicted molar refractivity (Wildman–Crippen MR) is 41.6 cm³/mol. The molecule has 7 nitrogen and oxygen atoms in total. The molecule has 1 aromatic rings. The first kappa shape index (κ1) is 8.99. The van der Waals surface area contributed by atoms with Crippen LogP contribution in [-0.4, -0.2) is 37.4 Å². The number of nitrogens with zero attached hydrogens (tertiary/aromatic N) is 4. The van der Waals surface area contributed by atoms with E-state index in [0.29, 0.717) is 0 Å². The summed E-state index contributed by atoms with van der Waals surface area (Å²) >= 11 is 0. The van der Waals surface area contributed by atoms with Crippen LogP contribution in [0.4, 0.5) is 4.79 Å². The SMILES string of the molecule is C#C[C@H](Cn1cnnn1)NC(=O)O. The lowest BCUT2D eigenvalue weighted by Gasteiger charge is -2.08. The van der Waals surface area contributed by atoms with Crippen molar-refractivity contribution in [2.45, 2.75) is 12.6 Å². The van der Waals surface area contributed by atoms with Gasteiger partial charge in [-0.05, 0) is 10.4 Å². The normalized spacial score (nSPS) is 11.6. The number of hydrogen-bond donors (Lipinski definition) is 2. The Hall–Kier alpha value is -2.10. The third kappa shape index (κ3) is 2.78. The zero-order valence-electron chi connectivity index (χ0n) is 6.58. The van der Waals surface area contributed by atoms with E-state index in [1.807, 2.05) is 0 Å². The standard InChI is InChI=1S/C6H7N5O2/c1-2-5(8-6(12)13)3-11-4-7-9-10-11/h1,4-5,8H,3H2,(H,12,13)/t5-/m1/s1. The first-order valence-corrected chi connectivity index (χ1v) is 3.38. The smallest absolute Gasteiger partial charge is 0.405 e. The van der Waals surface area contributed by atoms with Gasteiger partial charge in [-0.2, -0.15) is 0 Å². The number of carbonyl (C=O) groups is 1. The van der Waals surface area contributed by atoms with Crippen molar-refractivity contribution < 1.29 is 9.90 Å². The second-order valence-corrected chi connectivity index (χ2v) is 2.20. The van der Waals surface area contributed by atoms with E-state index in [4.69, 9.17) is 11.5 Å². The molecule has 0 bridgehead atoms. The summed E-state index contributed by atoms with van der Waals surface area (Å²) in [5.74, 6) is 2.26. The first-order valence-electron chi connectivity index (χ1n) is 3.38. The number of amides is 1. The van der Waals surface area contributed by atoms with E-state index >= 15 is 0 Å². The van der Waals surface area contributed by atoms with Crippen LogP contribution in [0.15, 0.2) is 6.33 Å². The van der Waals surface area contributed by atoms with Gasteiger partial charge in [0.2, 0.25) is 0 Å². The number of terminal acetylenes is 1. The van der Waals surface area contributed by atoms with Gasteiger partial charge in [-0.1, -0.05) is 5.92 Å². The molecule has 0 saturated carbocycles. The van der Waals surface area contributed by atoms with Crippen LogP contribution in [0.25, 0.3) is 0 Å². The maximum Gasteiger partial charge on any atom is 0.405 e. The van der Waals surface area contributed by atoms with Gasteiger partial charge in [0.25, 0.3) is 0 Å². The Morgan fingerprint density at radius 3 is 3.08 bits per heavy atom. The molecule has 0 spiro atoms. The second-order valence-electron chi connectivity index (χ2n) is 2.20. The molecule has 0 unspecified atom stereocenters. The second kappa shape index (κ2) is 4.06. The quantitative estimate of drug-likeness (QED) is 0.580. The van der Waals surface area contributed by atoms with Gasteiger partial charge in [0.05, 0.1) is 6.54 Å². The lowest BCUT2D eigenvalue weighted by atomic mass is 10.3. The Kier molecular flexibility index (Phi) is 2.81. The molecule has 0 radical (unpaired) electrons. The molecule has 2 N–H and O–H groups in total. The van der Waals surface area contributed by atoms with Crippen LogP contribution < -0.4 is 5.32 Å². The maximum absolute atomic E-state index is 10.2. The summed E-state index contributed by atoms with van der Waals surface area (Å²) in [4.78, 5) is 10.2. The van der Waals surface area contributed by atoms with Gasteiger partial charge in [0.1, 0.15) is 12.4 Å². The number of tetrazole rings is 1. The third-order valence-corrected chi connectivity index (χ3v) is 1.26. The molecule has 7 heteroatoms. The maximum atomic E-state index is 10.2. The van der Waals surface area contributed by atoms with Crippen LogP contribution in [0.3, 0.4) is 0 Å². The predicted octanol–water partition coefficient (Wildman–Crippen LogP) is -1.06. The number of hydrogen-bond acceptors (Lipinski definition) is 4. The molecule has 0 aliphatic carbocycles. The molecule has 13 heavy (non-hydrogen) atoms. The molecule has 1 aromatic heterocycles. The van der Waals surface area contributed by atoms with Crippen LogP contribution in [0.2, 0.25) is 0 Å². The minimum Gasteiger partial charge on any atom is -0.465 e. The summed E-state index contributed by atoms with van der Waals surface area (Å²) in [6.07, 6.45) is 5.26. The van der Waals surface area contributed by atoms with Gasteiger partial charge in [-0.3, -0.25) is 0 Å². The van der Waals surface area contributed by atoms with Crippen molar-refractivity contribution in [3.63, 3.8) is 0 Å². The van der Waals surface area contributed by atoms with Crippen LogP contribution >= 0.6 is 0 Å². The van der Waals surface area contributed by atoms with Gasteiger partial charge in [0, 0.05) is 0 Å². The fraction of sp³-hybridized carbons (Fsp3) is 0.333. The van der Waals surface area contributed by atoms with Crippen LogP contribution in [0.1, 0.15) is 0 Å². The van der Waals surface area contributed by atoms with Crippen molar-refractivity contribution in [2.75, 3.05) is 0 Å². The lowest BCUT2D eigenvalue weighted by Crippen LogP contribution is -2.35. The van der Waals surface area contributed by atoms with Gasteiger partial charge >= 0.3 is 6.09 Å². The summed E-state index contributed by atoms with van der Waals surface area (Å²) in [6.45, 7) is 0.218. The number of nitrogens with one attached hydrogen (secondary N) is 1. The van der Waals surface area contributed by atoms with Crippen LogP contribution in [-0.2, 0) is 6.54 Å². The molecule has 0 fully saturated rings. The van der Waals surface area contributed by atoms with Gasteiger partial charge in [-0.25, -0.2) is 9.48 Å². The number of rotatable bonds is 3. The van der Waals surface area contributed by atoms with E-state index < -0.39 is 12.1 Å². The minimum absolute atomic E-state index is 0.218. The molecule has 0 saturated heterocycles. The molecule has 1 amide bonds. The van der Waals surface area contributed by atoms with E-state index in [9.17, 15) is 4.79 Å². The van der Waals surface area contributed by atoms with Crippen LogP contribution in [0, 0.1) is 12.3 Å². The molecule has 0 aromatic carbocycles. The molecule has 68 valence electrons. The highest BCUT2D eigenvalue weighted by atomic mass is 16.4. The van der Waals surface area contributed by atoms with E-state index in [0.717, 1.165) is 0 Å². The van der Waals surface area contributed by atoms with E-state index in [2.05, 4.69) is 26.8 Å². The van der Waals surface area contributed by atoms with Crippen molar-refractivity contribution in [1.29, 1.82) is 0 Å². The summed E-state index contributed by atoms with van der Waals surface area (Å²) in [7, 11) is 0. The van der Waals surface area contributed by atoms with Crippen LogP contribution in [0.5, 0.6) is 0 Å². The number of aromatic nitrogens is 4. The molecule has 1 rings (SSSR count). The topological polar surface area (TPSA) is 92.9 Å². The Balaban J connectivity index is 2.51. The average Bonchev–Trinajstić information content (AvgIpc) is 2.55. The van der Waals surface area contributed by atoms with Crippen molar-refractivity contribution >= 4 is 6.09 Å². The average molecular weight is 181 g/mol. The monoisotopic (exact) mass is 181 g/mol. The molecule has 1 heterocycles. The first-order chi connectivity index (χ1) is 6.22. The largest absolute Gasteiger partial charge is 0.465 e. The summed E-state index contributed by atoms with van der Waals surface area (Å²) in [5, 5.41) is 20.8. The Morgan fingerprint density at radius 1 is 1.85 bits per heavy atom. The Labute approximate surface area is 73.7 Å². The lowest BCUT2D eigenvalue weighted by molar-refractivity contribution is 0.191. The van der Waals surface area contributed by atoms with Gasteiger partial charge in [0.15, 0.2) is 0 Å². The summed E-state index contributed by atoms with van der Waals surface area (Å²) < 4.78 is 1.35. The molecule has 1 atom stereocenters. The summed E-state index contributed by atoms with van der Waals surface area (Å²) in [5.41, 5.74) is 0. The molecule has 0 aliphatic heterocycles. The fourth-order valence-electron chi connectivity index (χ4n) is 0.740. The molecular formula is C6H7N5O2. The molecular weight excluding hydrogens is 174 g/mol. The van der Waals surface area contributed by atoms with E-state index in [1.54, 1.807) is 0 Å². The summed E-state index contributed by atoms with van der Waals surface area (Å²) in [6, 6.07) is -0.624. The fourth-order valence-corrected chi connectivity index (χ4v) is 0.740. The zero-order chi connectivity index (χ0) is 9.68. The van der Waals surface area contributed by atoms with E-state index in [1.165, 1.54) is 11.0 Å². The number of carboxylic acid groups (broad SMARTS) is 1. The minimum atomic E-state index is -1.17. The third-order valence-electron chi connectivity index (χ3n) is 1.26. The molecule has 0 aliphatic rings. The van der Waals surface area contributed by atoms with Gasteiger partial charge < -0.3 is 10.4 Å². The van der Waals surface area contributed by atoms with Crippen molar-refractivity contribution in [3.05, 3.63) is 6.33 Å². The zero-order valence-corrected chi connectivity index (χ0v) is 6.58. The van der Waals surface area contributed by atoms with Crippen molar-refractivity contribution in [3.8, 4) is 12.3 Å². The highest BCUT2D eigenvalue weighted by Gasteiger charge is 2.08.